The molecule has 1 fully saturated rings. The van der Waals surface area contributed by atoms with Gasteiger partial charge >= 0.3 is 0 Å². The summed E-state index contributed by atoms with van der Waals surface area (Å²) in [6.45, 7) is 3.02. The number of aliphatic imine (C=N–C) groups is 1. The van der Waals surface area contributed by atoms with Gasteiger partial charge in [0.15, 0.2) is 5.96 Å². The smallest absolute Gasteiger partial charge is 0.193 e. The summed E-state index contributed by atoms with van der Waals surface area (Å²) in [5.41, 5.74) is 0.337. The summed E-state index contributed by atoms with van der Waals surface area (Å²) < 4.78 is 0. The lowest BCUT2D eigenvalue weighted by Gasteiger charge is -2.43. The maximum Gasteiger partial charge on any atom is 0.193 e. The first-order chi connectivity index (χ1) is 8.14. The van der Waals surface area contributed by atoms with E-state index in [2.05, 4.69) is 41.3 Å². The molecule has 1 aliphatic heterocycles. The number of hydrogen-bond acceptors (Lipinski definition) is 4. The van der Waals surface area contributed by atoms with Crippen molar-refractivity contribution in [3.05, 3.63) is 0 Å². The Kier molecular flexibility index (Phi) is 3.92. The van der Waals surface area contributed by atoms with Crippen LogP contribution in [0.1, 0.15) is 32.1 Å². The second-order valence-corrected chi connectivity index (χ2v) is 5.66. The molecule has 0 amide bonds. The average Bonchev–Trinajstić information content (AvgIpc) is 2.73. The summed E-state index contributed by atoms with van der Waals surface area (Å²) >= 11 is 0. The Balaban J connectivity index is 1.94. The van der Waals surface area contributed by atoms with Gasteiger partial charge < -0.3 is 15.1 Å². The minimum absolute atomic E-state index is 0.337. The summed E-state index contributed by atoms with van der Waals surface area (Å²) in [5, 5.41) is 3.56. The van der Waals surface area contributed by atoms with E-state index < -0.39 is 0 Å². The zero-order chi connectivity index (χ0) is 12.3. The van der Waals surface area contributed by atoms with Crippen LogP contribution in [0.3, 0.4) is 0 Å². The molecule has 0 atom stereocenters. The van der Waals surface area contributed by atoms with E-state index in [9.17, 15) is 0 Å². The molecule has 4 nitrogen and oxygen atoms in total. The van der Waals surface area contributed by atoms with Gasteiger partial charge in [-0.25, -0.2) is 0 Å². The van der Waals surface area contributed by atoms with Crippen LogP contribution in [0.5, 0.6) is 0 Å². The molecular weight excluding hydrogens is 212 g/mol. The standard InChI is InChI=1S/C13H26N4/c1-16(2)13(7-5-4-6-8-13)11-15-12-14-9-10-17(12)3/h4-11H2,1-3H3,(H,14,15). The van der Waals surface area contributed by atoms with Crippen LogP contribution in [0.2, 0.25) is 0 Å². The van der Waals surface area contributed by atoms with Gasteiger partial charge in [0.2, 0.25) is 0 Å². The zero-order valence-electron chi connectivity index (χ0n) is 11.5. The monoisotopic (exact) mass is 238 g/mol. The van der Waals surface area contributed by atoms with Crippen molar-refractivity contribution in [3.63, 3.8) is 0 Å². The lowest BCUT2D eigenvalue weighted by atomic mass is 9.80. The van der Waals surface area contributed by atoms with Gasteiger partial charge in [-0.15, -0.1) is 0 Å². The van der Waals surface area contributed by atoms with Crippen molar-refractivity contribution in [3.8, 4) is 0 Å². The van der Waals surface area contributed by atoms with Crippen LogP contribution in [0, 0.1) is 0 Å². The number of hydrogen-bond donors (Lipinski definition) is 1. The molecule has 0 bridgehead atoms. The normalized spacial score (nSPS) is 24.0. The van der Waals surface area contributed by atoms with Crippen molar-refractivity contribution in [1.82, 2.24) is 15.1 Å². The molecule has 17 heavy (non-hydrogen) atoms. The van der Waals surface area contributed by atoms with E-state index in [0.717, 1.165) is 25.6 Å². The van der Waals surface area contributed by atoms with Crippen LogP contribution >= 0.6 is 0 Å². The highest BCUT2D eigenvalue weighted by Gasteiger charge is 2.34. The van der Waals surface area contributed by atoms with Gasteiger partial charge in [0, 0.05) is 25.7 Å². The number of nitrogens with zero attached hydrogens (tertiary/aromatic N) is 3. The third kappa shape index (κ3) is 2.73. The lowest BCUT2D eigenvalue weighted by Crippen LogP contribution is -2.55. The second-order valence-electron chi connectivity index (χ2n) is 5.66. The summed E-state index contributed by atoms with van der Waals surface area (Å²) in [4.78, 5) is 9.13. The van der Waals surface area contributed by atoms with E-state index in [1.165, 1.54) is 32.1 Å². The van der Waals surface area contributed by atoms with Crippen molar-refractivity contribution in [1.29, 1.82) is 0 Å². The molecule has 1 saturated carbocycles. The van der Waals surface area contributed by atoms with Crippen molar-refractivity contribution < 1.29 is 0 Å². The summed E-state index contributed by atoms with van der Waals surface area (Å²) in [7, 11) is 6.54. The lowest BCUT2D eigenvalue weighted by molar-refractivity contribution is 0.103. The Morgan fingerprint density at radius 3 is 2.53 bits per heavy atom. The number of rotatable bonds is 3. The van der Waals surface area contributed by atoms with Gasteiger partial charge in [-0.05, 0) is 26.9 Å². The van der Waals surface area contributed by atoms with Crippen LogP contribution < -0.4 is 5.32 Å². The molecule has 0 aromatic heterocycles. The predicted octanol–water partition coefficient (Wildman–Crippen LogP) is 1.14. The first-order valence-corrected chi connectivity index (χ1v) is 6.81. The molecule has 1 aliphatic carbocycles. The van der Waals surface area contributed by atoms with Gasteiger partial charge in [-0.2, -0.15) is 0 Å². The van der Waals surface area contributed by atoms with Crippen LogP contribution in [0.25, 0.3) is 0 Å². The minimum atomic E-state index is 0.337. The van der Waals surface area contributed by atoms with E-state index in [0.29, 0.717) is 5.54 Å². The topological polar surface area (TPSA) is 30.9 Å². The zero-order valence-corrected chi connectivity index (χ0v) is 11.5. The fourth-order valence-electron chi connectivity index (χ4n) is 2.96. The van der Waals surface area contributed by atoms with Crippen molar-refractivity contribution in [2.45, 2.75) is 37.6 Å². The molecule has 98 valence electrons. The Labute approximate surface area is 105 Å². The number of likely N-dealkylation sites (N-methyl/N-ethyl adjacent to an activating group) is 2. The van der Waals surface area contributed by atoms with E-state index in [1.54, 1.807) is 0 Å². The fraction of sp³-hybridized carbons (Fsp3) is 0.923. The highest BCUT2D eigenvalue weighted by Crippen LogP contribution is 2.31. The van der Waals surface area contributed by atoms with E-state index in [4.69, 9.17) is 0 Å². The summed E-state index contributed by atoms with van der Waals surface area (Å²) in [6, 6.07) is 0. The van der Waals surface area contributed by atoms with Gasteiger partial charge in [0.25, 0.3) is 0 Å². The molecular formula is C13H26N4. The maximum atomic E-state index is 4.50. The SMILES string of the molecule is CN1CCN=C1NCC1(N(C)C)CCCCC1. The van der Waals surface area contributed by atoms with Crippen LogP contribution in [-0.2, 0) is 0 Å². The van der Waals surface area contributed by atoms with Crippen molar-refractivity contribution in [2.24, 2.45) is 4.99 Å². The van der Waals surface area contributed by atoms with E-state index >= 15 is 0 Å². The van der Waals surface area contributed by atoms with Crippen molar-refractivity contribution in [2.75, 3.05) is 40.8 Å². The largest absolute Gasteiger partial charge is 0.354 e. The molecule has 0 unspecified atom stereocenters. The number of guanidine groups is 1. The molecule has 0 radical (unpaired) electrons. The Hall–Kier alpha value is -0.770. The molecule has 1 heterocycles. The average molecular weight is 238 g/mol. The molecule has 2 aliphatic rings. The maximum absolute atomic E-state index is 4.50. The highest BCUT2D eigenvalue weighted by atomic mass is 15.3. The van der Waals surface area contributed by atoms with Crippen LogP contribution in [0.15, 0.2) is 4.99 Å². The third-order valence-electron chi connectivity index (χ3n) is 4.37. The highest BCUT2D eigenvalue weighted by molar-refractivity contribution is 5.81. The molecule has 0 aromatic carbocycles. The predicted molar refractivity (Wildman–Crippen MR) is 72.4 cm³/mol. The Bertz CT molecular complexity index is 279. The Morgan fingerprint density at radius 2 is 2.00 bits per heavy atom. The quantitative estimate of drug-likeness (QED) is 0.800. The first-order valence-electron chi connectivity index (χ1n) is 6.81. The molecule has 1 N–H and O–H groups in total. The van der Waals surface area contributed by atoms with E-state index in [1.807, 2.05) is 0 Å². The van der Waals surface area contributed by atoms with Crippen LogP contribution in [0.4, 0.5) is 0 Å². The van der Waals surface area contributed by atoms with Crippen molar-refractivity contribution >= 4 is 5.96 Å². The molecule has 4 heteroatoms. The molecule has 0 spiro atoms. The molecule has 0 aromatic rings. The fourth-order valence-corrected chi connectivity index (χ4v) is 2.96. The Morgan fingerprint density at radius 1 is 1.29 bits per heavy atom. The minimum Gasteiger partial charge on any atom is -0.354 e. The summed E-state index contributed by atoms with van der Waals surface area (Å²) in [5.74, 6) is 1.08. The van der Waals surface area contributed by atoms with Gasteiger partial charge in [-0.3, -0.25) is 4.99 Å². The van der Waals surface area contributed by atoms with Gasteiger partial charge in [-0.1, -0.05) is 19.3 Å². The molecule has 0 saturated heterocycles. The number of nitrogens with one attached hydrogen (secondary N) is 1. The van der Waals surface area contributed by atoms with Gasteiger partial charge in [0.05, 0.1) is 6.54 Å². The first kappa shape index (κ1) is 12.7. The van der Waals surface area contributed by atoms with Gasteiger partial charge in [0.1, 0.15) is 0 Å². The summed E-state index contributed by atoms with van der Waals surface area (Å²) in [6.07, 6.45) is 6.74. The molecule has 2 rings (SSSR count). The van der Waals surface area contributed by atoms with E-state index in [-0.39, 0.29) is 0 Å². The third-order valence-corrected chi connectivity index (χ3v) is 4.37. The van der Waals surface area contributed by atoms with Crippen LogP contribution in [-0.4, -0.2) is 62.1 Å². The second kappa shape index (κ2) is 5.25.